The molecule has 3 heteroatoms. The Morgan fingerprint density at radius 3 is 2.43 bits per heavy atom. The molecule has 0 saturated heterocycles. The van der Waals surface area contributed by atoms with Gasteiger partial charge in [-0.1, -0.05) is 61.0 Å². The van der Waals surface area contributed by atoms with Gasteiger partial charge in [0.1, 0.15) is 5.82 Å². The number of allylic oxidation sites excluding steroid dienone is 1. The maximum absolute atomic E-state index is 14.9. The number of thiazole rings is 1. The van der Waals surface area contributed by atoms with Crippen LogP contribution in [0.1, 0.15) is 36.0 Å². The molecule has 1 aromatic heterocycles. The number of halogens is 1. The van der Waals surface area contributed by atoms with Gasteiger partial charge in [-0.15, -0.1) is 11.3 Å². The molecule has 1 aliphatic carbocycles. The monoisotopic (exact) mass is 385 g/mol. The summed E-state index contributed by atoms with van der Waals surface area (Å²) in [6.45, 7) is 0. The van der Waals surface area contributed by atoms with Crippen molar-refractivity contribution < 1.29 is 4.39 Å². The van der Waals surface area contributed by atoms with Crippen LogP contribution >= 0.6 is 11.3 Å². The zero-order valence-electron chi connectivity index (χ0n) is 15.4. The van der Waals surface area contributed by atoms with E-state index in [1.165, 1.54) is 11.1 Å². The van der Waals surface area contributed by atoms with E-state index < -0.39 is 0 Å². The van der Waals surface area contributed by atoms with Crippen molar-refractivity contribution in [2.24, 2.45) is 5.92 Å². The second kappa shape index (κ2) is 7.33. The lowest BCUT2D eigenvalue weighted by atomic mass is 9.73. The van der Waals surface area contributed by atoms with Crippen LogP contribution < -0.4 is 0 Å². The molecule has 0 aliphatic heterocycles. The van der Waals surface area contributed by atoms with Crippen LogP contribution in [-0.2, 0) is 0 Å². The van der Waals surface area contributed by atoms with E-state index in [0.29, 0.717) is 5.92 Å². The van der Waals surface area contributed by atoms with Gasteiger partial charge in [0.15, 0.2) is 0 Å². The summed E-state index contributed by atoms with van der Waals surface area (Å²) >= 11 is 1.65. The zero-order valence-corrected chi connectivity index (χ0v) is 16.3. The van der Waals surface area contributed by atoms with Crippen LogP contribution in [0, 0.1) is 11.7 Å². The van der Waals surface area contributed by atoms with Crippen LogP contribution in [0.3, 0.4) is 0 Å². The van der Waals surface area contributed by atoms with Crippen molar-refractivity contribution >= 4 is 32.7 Å². The minimum Gasteiger partial charge on any atom is -0.245 e. The molecule has 138 valence electrons. The lowest BCUT2D eigenvalue weighted by Gasteiger charge is -2.31. The van der Waals surface area contributed by atoms with E-state index in [0.717, 1.165) is 46.2 Å². The van der Waals surface area contributed by atoms with E-state index in [1.807, 2.05) is 23.7 Å². The predicted octanol–water partition coefficient (Wildman–Crippen LogP) is 7.19. The fourth-order valence-corrected chi connectivity index (χ4v) is 4.69. The highest BCUT2D eigenvalue weighted by Crippen LogP contribution is 2.45. The number of benzene rings is 3. The summed E-state index contributed by atoms with van der Waals surface area (Å²) in [5.41, 5.74) is 8.10. The van der Waals surface area contributed by atoms with E-state index in [1.54, 1.807) is 23.5 Å². The molecule has 1 saturated carbocycles. The highest BCUT2D eigenvalue weighted by Gasteiger charge is 2.28. The highest BCUT2D eigenvalue weighted by molar-refractivity contribution is 7.16. The van der Waals surface area contributed by atoms with Crippen LogP contribution in [0.4, 0.5) is 4.39 Å². The first-order valence-corrected chi connectivity index (χ1v) is 10.6. The van der Waals surface area contributed by atoms with E-state index in [-0.39, 0.29) is 5.82 Å². The van der Waals surface area contributed by atoms with E-state index >= 15 is 0 Å². The lowest BCUT2D eigenvalue weighted by molar-refractivity contribution is 0.400. The quantitative estimate of drug-likeness (QED) is 0.339. The van der Waals surface area contributed by atoms with Crippen LogP contribution in [0.15, 0.2) is 78.3 Å². The van der Waals surface area contributed by atoms with Crippen molar-refractivity contribution in [1.29, 1.82) is 0 Å². The third-order valence-electron chi connectivity index (χ3n) is 5.63. The fourth-order valence-electron chi connectivity index (χ4n) is 4.03. The van der Waals surface area contributed by atoms with Gasteiger partial charge >= 0.3 is 0 Å². The molecule has 1 aliphatic rings. The molecular formula is C25H20FNS. The van der Waals surface area contributed by atoms with Crippen molar-refractivity contribution in [3.63, 3.8) is 0 Å². The molecule has 4 aromatic rings. The smallest absolute Gasteiger partial charge is 0.130 e. The molecule has 0 spiro atoms. The Labute approximate surface area is 168 Å². The molecule has 0 radical (unpaired) electrons. The molecule has 0 bridgehead atoms. The standard InChI is InChI=1S/C25H20FNS/c26-21-12-5-4-11-20(21)25(18-9-6-10-18)24(17-7-2-1-3-8-17)19-13-14-23-22(15-19)27-16-28-23/h1-5,7-8,11-16,18H,6,9-10H2/b25-24+. The predicted molar refractivity (Wildman–Crippen MR) is 116 cm³/mol. The Bertz CT molecular complexity index is 1160. The number of rotatable bonds is 4. The van der Waals surface area contributed by atoms with Gasteiger partial charge < -0.3 is 0 Å². The second-order valence-electron chi connectivity index (χ2n) is 7.30. The highest BCUT2D eigenvalue weighted by atomic mass is 32.1. The molecule has 0 atom stereocenters. The number of hydrogen-bond donors (Lipinski definition) is 0. The van der Waals surface area contributed by atoms with Crippen LogP contribution in [0.25, 0.3) is 21.4 Å². The van der Waals surface area contributed by atoms with Crippen LogP contribution in [0.5, 0.6) is 0 Å². The molecule has 1 fully saturated rings. The summed E-state index contributed by atoms with van der Waals surface area (Å²) in [6.07, 6.45) is 3.42. The summed E-state index contributed by atoms with van der Waals surface area (Å²) in [4.78, 5) is 4.51. The van der Waals surface area contributed by atoms with Crippen LogP contribution in [0.2, 0.25) is 0 Å². The third-order valence-corrected chi connectivity index (χ3v) is 6.44. The Hall–Kier alpha value is -2.78. The molecule has 0 amide bonds. The van der Waals surface area contributed by atoms with Gasteiger partial charge in [-0.2, -0.15) is 0 Å². The van der Waals surface area contributed by atoms with E-state index in [9.17, 15) is 4.39 Å². The normalized spacial score (nSPS) is 15.3. The maximum Gasteiger partial charge on any atom is 0.130 e. The number of hydrogen-bond acceptors (Lipinski definition) is 2. The van der Waals surface area contributed by atoms with Gasteiger partial charge in [0.25, 0.3) is 0 Å². The van der Waals surface area contributed by atoms with Gasteiger partial charge in [-0.05, 0) is 59.2 Å². The van der Waals surface area contributed by atoms with Gasteiger partial charge in [-0.3, -0.25) is 0 Å². The number of fused-ring (bicyclic) bond motifs is 1. The summed E-state index contributed by atoms with van der Waals surface area (Å²) < 4.78 is 16.1. The first kappa shape index (κ1) is 17.3. The maximum atomic E-state index is 14.9. The molecule has 28 heavy (non-hydrogen) atoms. The topological polar surface area (TPSA) is 12.9 Å². The van der Waals surface area contributed by atoms with Crippen molar-refractivity contribution in [3.8, 4) is 0 Å². The van der Waals surface area contributed by atoms with Crippen molar-refractivity contribution in [1.82, 2.24) is 4.98 Å². The van der Waals surface area contributed by atoms with Crippen molar-refractivity contribution in [3.05, 3.63) is 101 Å². The summed E-state index contributed by atoms with van der Waals surface area (Å²) in [5.74, 6) is 0.241. The Morgan fingerprint density at radius 2 is 1.68 bits per heavy atom. The average Bonchev–Trinajstić information content (AvgIpc) is 3.15. The minimum absolute atomic E-state index is 0.146. The molecule has 5 rings (SSSR count). The first-order valence-electron chi connectivity index (χ1n) is 9.69. The fraction of sp³-hybridized carbons (Fsp3) is 0.160. The average molecular weight is 386 g/mol. The molecule has 1 nitrogen and oxygen atoms in total. The van der Waals surface area contributed by atoms with E-state index in [4.69, 9.17) is 0 Å². The Kier molecular flexibility index (Phi) is 4.53. The zero-order chi connectivity index (χ0) is 18.9. The van der Waals surface area contributed by atoms with Gasteiger partial charge in [0.2, 0.25) is 0 Å². The Morgan fingerprint density at radius 1 is 0.893 bits per heavy atom. The largest absolute Gasteiger partial charge is 0.245 e. The van der Waals surface area contributed by atoms with Gasteiger partial charge in [-0.25, -0.2) is 9.37 Å². The summed E-state index contributed by atoms with van der Waals surface area (Å²) in [6, 6.07) is 24.0. The Balaban J connectivity index is 1.83. The third kappa shape index (κ3) is 3.06. The molecule has 0 unspecified atom stereocenters. The summed E-state index contributed by atoms with van der Waals surface area (Å²) in [5, 5.41) is 0. The first-order chi connectivity index (χ1) is 13.8. The van der Waals surface area contributed by atoms with Gasteiger partial charge in [0, 0.05) is 5.56 Å². The molecule has 0 N–H and O–H groups in total. The van der Waals surface area contributed by atoms with Crippen molar-refractivity contribution in [2.75, 3.05) is 0 Å². The molecular weight excluding hydrogens is 365 g/mol. The minimum atomic E-state index is -0.146. The lowest BCUT2D eigenvalue weighted by Crippen LogP contribution is -2.16. The van der Waals surface area contributed by atoms with Crippen LogP contribution in [-0.4, -0.2) is 4.98 Å². The number of aromatic nitrogens is 1. The van der Waals surface area contributed by atoms with E-state index in [2.05, 4.69) is 47.4 Å². The molecule has 1 heterocycles. The number of nitrogens with zero attached hydrogens (tertiary/aromatic N) is 1. The second-order valence-corrected chi connectivity index (χ2v) is 8.18. The summed E-state index contributed by atoms with van der Waals surface area (Å²) in [7, 11) is 0. The molecule has 3 aromatic carbocycles. The van der Waals surface area contributed by atoms with Gasteiger partial charge in [0.05, 0.1) is 15.7 Å². The van der Waals surface area contributed by atoms with Crippen molar-refractivity contribution in [2.45, 2.75) is 19.3 Å². The SMILES string of the molecule is Fc1ccccc1/C(=C(\c1ccccc1)c1ccc2scnc2c1)C1CCC1.